The summed E-state index contributed by atoms with van der Waals surface area (Å²) in [7, 11) is 0. The Morgan fingerprint density at radius 2 is 1.78 bits per heavy atom. The monoisotopic (exact) mass is 358 g/mol. The number of aromatic nitrogens is 3. The maximum Gasteiger partial charge on any atom is 0.186 e. The Morgan fingerprint density at radius 3 is 2.56 bits per heavy atom. The molecule has 0 aliphatic rings. The van der Waals surface area contributed by atoms with Crippen LogP contribution in [-0.4, -0.2) is 26.6 Å². The molecule has 2 N–H and O–H groups in total. The lowest BCUT2D eigenvalue weighted by Gasteiger charge is -2.14. The van der Waals surface area contributed by atoms with Gasteiger partial charge in [-0.2, -0.15) is 5.10 Å². The van der Waals surface area contributed by atoms with Crippen LogP contribution in [0.5, 0.6) is 0 Å². The number of hydrogen-bond donors (Lipinski definition) is 2. The van der Waals surface area contributed by atoms with Crippen LogP contribution in [0.15, 0.2) is 60.8 Å². The number of hydrogen-bond acceptors (Lipinski definition) is 3. The molecule has 5 heteroatoms. The summed E-state index contributed by atoms with van der Waals surface area (Å²) in [6.45, 7) is 5.86. The predicted octanol–water partition coefficient (Wildman–Crippen LogP) is 4.65. The smallest absolute Gasteiger partial charge is 0.186 e. The summed E-state index contributed by atoms with van der Waals surface area (Å²) in [6.07, 6.45) is 1.79. The molecule has 5 nitrogen and oxygen atoms in total. The number of fused-ring (bicyclic) bond motifs is 1. The fraction of sp³-hybridized carbons (Fsp3) is 0.182. The van der Waals surface area contributed by atoms with E-state index >= 15 is 0 Å². The minimum Gasteiger partial charge on any atom is -0.372 e. The van der Waals surface area contributed by atoms with Crippen molar-refractivity contribution in [2.45, 2.75) is 26.8 Å². The molecular weight excluding hydrogens is 336 g/mol. The van der Waals surface area contributed by atoms with Gasteiger partial charge in [0, 0.05) is 22.7 Å². The van der Waals surface area contributed by atoms with Gasteiger partial charge in [0.05, 0.1) is 28.8 Å². The van der Waals surface area contributed by atoms with Crippen LogP contribution in [-0.2, 0) is 0 Å². The summed E-state index contributed by atoms with van der Waals surface area (Å²) in [6, 6.07) is 17.5. The van der Waals surface area contributed by atoms with Gasteiger partial charge >= 0.3 is 0 Å². The first kappa shape index (κ1) is 17.1. The van der Waals surface area contributed by atoms with E-state index in [1.54, 1.807) is 6.20 Å². The van der Waals surface area contributed by atoms with Crippen LogP contribution >= 0.6 is 0 Å². The third-order valence-corrected chi connectivity index (χ3v) is 4.90. The predicted molar refractivity (Wildman–Crippen MR) is 109 cm³/mol. The topological polar surface area (TPSA) is 62.7 Å². The van der Waals surface area contributed by atoms with Gasteiger partial charge in [0.1, 0.15) is 0 Å². The molecule has 4 aromatic rings. The summed E-state index contributed by atoms with van der Waals surface area (Å²) in [5, 5.41) is 8.97. The largest absolute Gasteiger partial charge is 0.372 e. The molecule has 1 atom stereocenters. The molecule has 136 valence electrons. The first-order valence-corrected chi connectivity index (χ1v) is 9.05. The third kappa shape index (κ3) is 3.01. The molecule has 2 aromatic carbocycles. The number of para-hydroxylation sites is 2. The SMILES string of the molecule is Cc1nn(-c2ccccc2)c(C)c1N[C@@H](C)C(=O)c1c[nH]c2ccccc12. The van der Waals surface area contributed by atoms with E-state index < -0.39 is 0 Å². The van der Waals surface area contributed by atoms with Crippen molar-refractivity contribution >= 4 is 22.4 Å². The first-order chi connectivity index (χ1) is 13.1. The van der Waals surface area contributed by atoms with Gasteiger partial charge < -0.3 is 10.3 Å². The fourth-order valence-corrected chi connectivity index (χ4v) is 3.46. The molecule has 2 heterocycles. The van der Waals surface area contributed by atoms with Gasteiger partial charge in [0.2, 0.25) is 0 Å². The minimum atomic E-state index is -0.366. The molecule has 0 aliphatic carbocycles. The zero-order chi connectivity index (χ0) is 19.0. The van der Waals surface area contributed by atoms with Crippen LogP contribution in [0.1, 0.15) is 28.7 Å². The highest BCUT2D eigenvalue weighted by Crippen LogP contribution is 2.25. The molecule has 0 radical (unpaired) electrons. The third-order valence-electron chi connectivity index (χ3n) is 4.90. The van der Waals surface area contributed by atoms with E-state index in [1.807, 2.05) is 80.1 Å². The summed E-state index contributed by atoms with van der Waals surface area (Å²) >= 11 is 0. The number of carbonyl (C=O) groups is 1. The number of aryl methyl sites for hydroxylation is 1. The molecule has 0 unspecified atom stereocenters. The maximum absolute atomic E-state index is 13.0. The Hall–Kier alpha value is -3.34. The van der Waals surface area contributed by atoms with E-state index in [0.29, 0.717) is 5.56 Å². The highest BCUT2D eigenvalue weighted by Gasteiger charge is 2.21. The summed E-state index contributed by atoms with van der Waals surface area (Å²) in [5.74, 6) is 0.0544. The van der Waals surface area contributed by atoms with E-state index in [9.17, 15) is 4.79 Å². The molecular formula is C22H22N4O. The molecule has 4 rings (SSSR count). The quantitative estimate of drug-likeness (QED) is 0.510. The second-order valence-corrected chi connectivity index (χ2v) is 6.77. The number of nitrogens with zero attached hydrogens (tertiary/aromatic N) is 2. The van der Waals surface area contributed by atoms with Crippen LogP contribution < -0.4 is 5.32 Å². The first-order valence-electron chi connectivity index (χ1n) is 9.05. The molecule has 0 spiro atoms. The van der Waals surface area contributed by atoms with Crippen LogP contribution in [0.25, 0.3) is 16.6 Å². The van der Waals surface area contributed by atoms with Crippen LogP contribution in [0.4, 0.5) is 5.69 Å². The summed E-state index contributed by atoms with van der Waals surface area (Å²) in [4.78, 5) is 16.2. The second-order valence-electron chi connectivity index (χ2n) is 6.77. The lowest BCUT2D eigenvalue weighted by molar-refractivity contribution is 0.0977. The van der Waals surface area contributed by atoms with Crippen molar-refractivity contribution in [2.24, 2.45) is 0 Å². The van der Waals surface area contributed by atoms with E-state index in [2.05, 4.69) is 15.4 Å². The fourth-order valence-electron chi connectivity index (χ4n) is 3.46. The number of carbonyl (C=O) groups excluding carboxylic acids is 1. The highest BCUT2D eigenvalue weighted by atomic mass is 16.1. The summed E-state index contributed by atoms with van der Waals surface area (Å²) in [5.41, 5.74) is 5.43. The molecule has 0 amide bonds. The van der Waals surface area contributed by atoms with Gasteiger partial charge in [-0.15, -0.1) is 0 Å². The number of anilines is 1. The number of ketones is 1. The van der Waals surface area contributed by atoms with Crippen molar-refractivity contribution < 1.29 is 4.79 Å². The zero-order valence-corrected chi connectivity index (χ0v) is 15.7. The Bertz CT molecular complexity index is 1110. The van der Waals surface area contributed by atoms with Crippen molar-refractivity contribution in [3.63, 3.8) is 0 Å². The zero-order valence-electron chi connectivity index (χ0n) is 15.7. The van der Waals surface area contributed by atoms with E-state index in [-0.39, 0.29) is 11.8 Å². The van der Waals surface area contributed by atoms with E-state index in [0.717, 1.165) is 33.7 Å². The van der Waals surface area contributed by atoms with Gasteiger partial charge in [0.15, 0.2) is 5.78 Å². The minimum absolute atomic E-state index is 0.0544. The molecule has 0 saturated carbocycles. The van der Waals surface area contributed by atoms with Crippen molar-refractivity contribution in [1.29, 1.82) is 0 Å². The van der Waals surface area contributed by atoms with Gasteiger partial charge in [-0.3, -0.25) is 4.79 Å². The molecule has 27 heavy (non-hydrogen) atoms. The van der Waals surface area contributed by atoms with Crippen molar-refractivity contribution in [3.8, 4) is 5.69 Å². The lowest BCUT2D eigenvalue weighted by atomic mass is 10.0. The summed E-state index contributed by atoms with van der Waals surface area (Å²) < 4.78 is 1.90. The van der Waals surface area contributed by atoms with Gasteiger partial charge in [-0.1, -0.05) is 36.4 Å². The number of rotatable bonds is 5. The van der Waals surface area contributed by atoms with E-state index in [4.69, 9.17) is 0 Å². The molecule has 0 bridgehead atoms. The number of H-pyrrole nitrogens is 1. The second kappa shape index (κ2) is 6.76. The Kier molecular flexibility index (Phi) is 4.28. The average molecular weight is 358 g/mol. The normalized spacial score (nSPS) is 12.3. The number of Topliss-reactive ketones (excluding diaryl/α,β-unsaturated/α-hetero) is 1. The lowest BCUT2D eigenvalue weighted by Crippen LogP contribution is -2.26. The van der Waals surface area contributed by atoms with Gasteiger partial charge in [0.25, 0.3) is 0 Å². The Labute approximate surface area is 158 Å². The Balaban J connectivity index is 1.62. The number of benzene rings is 2. The van der Waals surface area contributed by atoms with Crippen molar-refractivity contribution in [1.82, 2.24) is 14.8 Å². The standard InChI is InChI=1S/C22H22N4O/c1-14-21(16(3)26(25-14)17-9-5-4-6-10-17)24-15(2)22(27)19-13-23-20-12-8-7-11-18(19)20/h4-13,15,23-24H,1-3H3/t15-/m0/s1. The van der Waals surface area contributed by atoms with Gasteiger partial charge in [-0.25, -0.2) is 4.68 Å². The molecule has 0 saturated heterocycles. The Morgan fingerprint density at radius 1 is 1.07 bits per heavy atom. The molecule has 0 aliphatic heterocycles. The van der Waals surface area contributed by atoms with Crippen LogP contribution in [0.3, 0.4) is 0 Å². The molecule has 2 aromatic heterocycles. The average Bonchev–Trinajstić information content (AvgIpc) is 3.24. The van der Waals surface area contributed by atoms with Crippen LogP contribution in [0, 0.1) is 13.8 Å². The van der Waals surface area contributed by atoms with Crippen molar-refractivity contribution in [2.75, 3.05) is 5.32 Å². The van der Waals surface area contributed by atoms with E-state index in [1.165, 1.54) is 0 Å². The molecule has 0 fully saturated rings. The van der Waals surface area contributed by atoms with Crippen LogP contribution in [0.2, 0.25) is 0 Å². The van der Waals surface area contributed by atoms with Gasteiger partial charge in [-0.05, 0) is 39.0 Å². The highest BCUT2D eigenvalue weighted by molar-refractivity contribution is 6.11. The maximum atomic E-state index is 13.0. The van der Waals surface area contributed by atoms with Crippen molar-refractivity contribution in [3.05, 3.63) is 77.7 Å². The number of aromatic amines is 1. The number of nitrogens with one attached hydrogen (secondary N) is 2.